The number of carbonyl (C=O) groups is 1. The maximum atomic E-state index is 11.7. The third-order valence-corrected chi connectivity index (χ3v) is 4.94. The molecule has 0 fully saturated rings. The molecule has 0 amide bonds. The highest BCUT2D eigenvalue weighted by molar-refractivity contribution is 5.74. The molecule has 0 aliphatic carbocycles. The molecule has 1 aromatic carbocycles. The topological polar surface area (TPSA) is 50.8 Å². The molecule has 29 heavy (non-hydrogen) atoms. The number of nitrogens with zero attached hydrogens (tertiary/aromatic N) is 1. The van der Waals surface area contributed by atoms with Crippen molar-refractivity contribution in [1.82, 2.24) is 5.43 Å². The molecule has 160 valence electrons. The first-order valence-electron chi connectivity index (χ1n) is 11.0. The van der Waals surface area contributed by atoms with Gasteiger partial charge in [0, 0.05) is 12.4 Å². The summed E-state index contributed by atoms with van der Waals surface area (Å²) >= 11 is 0. The van der Waals surface area contributed by atoms with Crippen LogP contribution in [0.1, 0.15) is 72.1 Å². The fourth-order valence-corrected chi connectivity index (χ4v) is 3.21. The monoisotopic (exact) mass is 400 g/mol. The van der Waals surface area contributed by atoms with Crippen LogP contribution < -0.4 is 15.2 Å². The van der Waals surface area contributed by atoms with Gasteiger partial charge in [-0.1, -0.05) is 45.4 Å². The van der Waals surface area contributed by atoms with Crippen LogP contribution in [-0.2, 0) is 9.53 Å². The average molecular weight is 401 g/mol. The maximum Gasteiger partial charge on any atom is 0.347 e. The number of benzene rings is 1. The van der Waals surface area contributed by atoms with Gasteiger partial charge >= 0.3 is 5.97 Å². The first-order chi connectivity index (χ1) is 14.1. The Bertz CT molecular complexity index is 667. The van der Waals surface area contributed by atoms with Gasteiger partial charge in [-0.25, -0.2) is 4.79 Å². The van der Waals surface area contributed by atoms with E-state index >= 15 is 0 Å². The summed E-state index contributed by atoms with van der Waals surface area (Å²) in [7, 11) is 0. The van der Waals surface area contributed by atoms with Crippen LogP contribution >= 0.6 is 0 Å². The number of ether oxygens (including phenoxy) is 2. The third-order valence-electron chi connectivity index (χ3n) is 4.94. The van der Waals surface area contributed by atoms with Crippen molar-refractivity contribution < 1.29 is 14.3 Å². The SMILES string of the molecule is CCCCCCCCCC1=CNN(c2ccc(OC(C)C(=O)OCC)cc2)C=C1. The van der Waals surface area contributed by atoms with Gasteiger partial charge in [-0.05, 0) is 62.6 Å². The van der Waals surface area contributed by atoms with Crippen LogP contribution in [0.15, 0.2) is 48.3 Å². The minimum atomic E-state index is -0.619. The summed E-state index contributed by atoms with van der Waals surface area (Å²) in [4.78, 5) is 11.7. The molecule has 2 rings (SSSR count). The summed E-state index contributed by atoms with van der Waals surface area (Å²) in [6.45, 7) is 6.09. The number of allylic oxidation sites excluding steroid dienone is 2. The summed E-state index contributed by atoms with van der Waals surface area (Å²) in [6.07, 6.45) is 16.1. The second-order valence-corrected chi connectivity index (χ2v) is 7.41. The molecule has 1 aromatic rings. The average Bonchev–Trinajstić information content (AvgIpc) is 2.74. The van der Waals surface area contributed by atoms with E-state index in [9.17, 15) is 4.79 Å². The molecule has 0 radical (unpaired) electrons. The van der Waals surface area contributed by atoms with Crippen LogP contribution in [0.4, 0.5) is 5.69 Å². The quantitative estimate of drug-likeness (QED) is 0.331. The Kier molecular flexibility index (Phi) is 10.2. The largest absolute Gasteiger partial charge is 0.479 e. The molecule has 0 saturated carbocycles. The molecule has 0 saturated heterocycles. The van der Waals surface area contributed by atoms with E-state index in [2.05, 4.69) is 24.6 Å². The molecule has 1 aliphatic heterocycles. The van der Waals surface area contributed by atoms with Crippen LogP contribution in [0.3, 0.4) is 0 Å². The van der Waals surface area contributed by atoms with Gasteiger partial charge < -0.3 is 14.9 Å². The van der Waals surface area contributed by atoms with Crippen LogP contribution in [0, 0.1) is 0 Å². The van der Waals surface area contributed by atoms with Crippen LogP contribution in [0.5, 0.6) is 5.75 Å². The lowest BCUT2D eigenvalue weighted by Gasteiger charge is -2.24. The highest BCUT2D eigenvalue weighted by Gasteiger charge is 2.15. The number of hydrazine groups is 1. The van der Waals surface area contributed by atoms with Crippen molar-refractivity contribution in [2.45, 2.75) is 78.2 Å². The summed E-state index contributed by atoms with van der Waals surface area (Å²) in [5.41, 5.74) is 5.65. The number of nitrogens with one attached hydrogen (secondary N) is 1. The van der Waals surface area contributed by atoms with E-state index in [4.69, 9.17) is 9.47 Å². The van der Waals surface area contributed by atoms with E-state index in [1.54, 1.807) is 13.8 Å². The van der Waals surface area contributed by atoms with E-state index in [1.807, 2.05) is 35.5 Å². The van der Waals surface area contributed by atoms with Crippen molar-refractivity contribution >= 4 is 11.7 Å². The molecular weight excluding hydrogens is 364 g/mol. The summed E-state index contributed by atoms with van der Waals surface area (Å²) in [5.74, 6) is 0.293. The molecule has 5 heteroatoms. The van der Waals surface area contributed by atoms with Gasteiger partial charge in [0.1, 0.15) is 5.75 Å². The van der Waals surface area contributed by atoms with E-state index in [1.165, 1.54) is 50.5 Å². The minimum Gasteiger partial charge on any atom is -0.479 e. The van der Waals surface area contributed by atoms with Crippen molar-refractivity contribution in [3.05, 3.63) is 48.3 Å². The lowest BCUT2D eigenvalue weighted by atomic mass is 10.0. The Morgan fingerprint density at radius 3 is 2.34 bits per heavy atom. The zero-order valence-electron chi connectivity index (χ0n) is 18.2. The smallest absolute Gasteiger partial charge is 0.347 e. The predicted molar refractivity (Wildman–Crippen MR) is 119 cm³/mol. The Labute approximate surface area is 175 Å². The normalized spacial score (nSPS) is 14.2. The molecule has 1 heterocycles. The highest BCUT2D eigenvalue weighted by Crippen LogP contribution is 2.22. The Hall–Kier alpha value is -2.43. The molecule has 5 nitrogen and oxygen atoms in total. The van der Waals surface area contributed by atoms with Gasteiger partial charge in [-0.3, -0.25) is 5.01 Å². The van der Waals surface area contributed by atoms with Crippen molar-refractivity contribution in [3.8, 4) is 5.75 Å². The second-order valence-electron chi connectivity index (χ2n) is 7.41. The molecule has 1 unspecified atom stereocenters. The number of rotatable bonds is 13. The van der Waals surface area contributed by atoms with Crippen LogP contribution in [0.25, 0.3) is 0 Å². The van der Waals surface area contributed by atoms with Gasteiger partial charge in [-0.2, -0.15) is 0 Å². The zero-order chi connectivity index (χ0) is 20.9. The Morgan fingerprint density at radius 1 is 1.03 bits per heavy atom. The van der Waals surface area contributed by atoms with Gasteiger partial charge in [0.15, 0.2) is 6.10 Å². The lowest BCUT2D eigenvalue weighted by Crippen LogP contribution is -2.31. The Morgan fingerprint density at radius 2 is 1.72 bits per heavy atom. The summed E-state index contributed by atoms with van der Waals surface area (Å²) < 4.78 is 10.6. The van der Waals surface area contributed by atoms with Gasteiger partial charge in [0.25, 0.3) is 0 Å². The third kappa shape index (κ3) is 8.22. The second kappa shape index (κ2) is 12.9. The minimum absolute atomic E-state index is 0.351. The molecule has 1 N–H and O–H groups in total. The first-order valence-corrected chi connectivity index (χ1v) is 11.0. The van der Waals surface area contributed by atoms with Crippen molar-refractivity contribution in [3.63, 3.8) is 0 Å². The fraction of sp³-hybridized carbons (Fsp3) is 0.542. The number of hydrogen-bond donors (Lipinski definition) is 1. The summed E-state index contributed by atoms with van der Waals surface area (Å²) in [6, 6.07) is 7.63. The van der Waals surface area contributed by atoms with Gasteiger partial charge in [-0.15, -0.1) is 0 Å². The Balaban J connectivity index is 1.72. The number of esters is 1. The number of carbonyl (C=O) groups excluding carboxylic acids is 1. The van der Waals surface area contributed by atoms with E-state index in [0.717, 1.165) is 12.1 Å². The zero-order valence-corrected chi connectivity index (χ0v) is 18.2. The molecule has 1 aliphatic rings. The fourth-order valence-electron chi connectivity index (χ4n) is 3.21. The van der Waals surface area contributed by atoms with Crippen molar-refractivity contribution in [2.75, 3.05) is 11.6 Å². The number of unbranched alkanes of at least 4 members (excludes halogenated alkanes) is 6. The van der Waals surface area contributed by atoms with E-state index in [0.29, 0.717) is 12.4 Å². The van der Waals surface area contributed by atoms with E-state index < -0.39 is 6.10 Å². The van der Waals surface area contributed by atoms with Crippen LogP contribution in [-0.4, -0.2) is 18.7 Å². The van der Waals surface area contributed by atoms with Crippen LogP contribution in [0.2, 0.25) is 0 Å². The summed E-state index contributed by atoms with van der Waals surface area (Å²) in [5, 5.41) is 1.97. The lowest BCUT2D eigenvalue weighted by molar-refractivity contribution is -0.150. The predicted octanol–water partition coefficient (Wildman–Crippen LogP) is 5.88. The first kappa shape index (κ1) is 22.9. The number of hydrogen-bond acceptors (Lipinski definition) is 5. The standard InChI is InChI=1S/C24H36N2O3/c1-4-6-7-8-9-10-11-12-21-17-18-26(25-19-21)22-13-15-23(16-14-22)29-20(3)24(27)28-5-2/h13-20,25H,4-12H2,1-3H3. The molecule has 0 bridgehead atoms. The van der Waals surface area contributed by atoms with Gasteiger partial charge in [0.2, 0.25) is 0 Å². The van der Waals surface area contributed by atoms with E-state index in [-0.39, 0.29) is 5.97 Å². The molecular formula is C24H36N2O3. The maximum absolute atomic E-state index is 11.7. The van der Waals surface area contributed by atoms with Crippen molar-refractivity contribution in [2.24, 2.45) is 0 Å². The van der Waals surface area contributed by atoms with Crippen molar-refractivity contribution in [1.29, 1.82) is 0 Å². The van der Waals surface area contributed by atoms with Gasteiger partial charge in [0.05, 0.1) is 12.3 Å². The molecule has 1 atom stereocenters. The molecule has 0 aromatic heterocycles. The highest BCUT2D eigenvalue weighted by atomic mass is 16.6. The number of anilines is 1. The molecule has 0 spiro atoms.